The summed E-state index contributed by atoms with van der Waals surface area (Å²) in [5.41, 5.74) is 10.1. The maximum atomic E-state index is 9.77. The van der Waals surface area contributed by atoms with Gasteiger partial charge in [0.05, 0.1) is 34.3 Å². The summed E-state index contributed by atoms with van der Waals surface area (Å²) in [4.78, 5) is 13.8. The number of rotatable bonds is 10. The van der Waals surface area contributed by atoms with Crippen LogP contribution in [0.4, 0.5) is 0 Å². The van der Waals surface area contributed by atoms with Crippen LogP contribution in [0.2, 0.25) is 5.02 Å². The molecule has 2 heterocycles. The normalized spacial score (nSPS) is 15.5. The molecular formula is C32H39BClN3O7. The molecule has 0 bridgehead atoms. The Hall–Kier alpha value is -3.66. The molecule has 0 aliphatic carbocycles. The van der Waals surface area contributed by atoms with E-state index in [4.69, 9.17) is 51.6 Å². The van der Waals surface area contributed by atoms with E-state index < -0.39 is 30.2 Å². The summed E-state index contributed by atoms with van der Waals surface area (Å²) in [6.07, 6.45) is 3.17. The molecule has 1 unspecified atom stereocenters. The number of nitrogens with two attached hydrogens (primary N) is 1. The van der Waals surface area contributed by atoms with Crippen LogP contribution in [0.1, 0.15) is 62.4 Å². The second kappa shape index (κ2) is 14.9. The largest absolute Gasteiger partial charge is 0.495 e. The molecule has 0 saturated carbocycles. The Morgan fingerprint density at radius 2 is 1.75 bits per heavy atom. The second-order valence-corrected chi connectivity index (χ2v) is 11.9. The molecule has 3 aromatic rings. The Bertz CT molecular complexity index is 1490. The number of carboxylic acids is 1. The van der Waals surface area contributed by atoms with Gasteiger partial charge in [0, 0.05) is 36.1 Å². The Morgan fingerprint density at radius 3 is 2.32 bits per heavy atom. The molecule has 1 fully saturated rings. The fourth-order valence-electron chi connectivity index (χ4n) is 4.09. The van der Waals surface area contributed by atoms with Crippen molar-refractivity contribution in [2.45, 2.75) is 72.5 Å². The summed E-state index contributed by atoms with van der Waals surface area (Å²) < 4.78 is 24.7. The van der Waals surface area contributed by atoms with E-state index in [0.29, 0.717) is 28.7 Å². The molecule has 0 radical (unpaired) electrons. The topological polar surface area (TPSA) is 157 Å². The van der Waals surface area contributed by atoms with Crippen LogP contribution in [0.3, 0.4) is 0 Å². The van der Waals surface area contributed by atoms with Gasteiger partial charge in [0.2, 0.25) is 0 Å². The number of aromatic nitrogens is 1. The summed E-state index contributed by atoms with van der Waals surface area (Å²) in [6.45, 7) is 12.1. The number of benzene rings is 2. The zero-order valence-corrected chi connectivity index (χ0v) is 26.6. The quantitative estimate of drug-likeness (QED) is 0.274. The van der Waals surface area contributed by atoms with E-state index in [1.54, 1.807) is 24.4 Å². The minimum Gasteiger partial charge on any atom is -0.488 e. The van der Waals surface area contributed by atoms with Crippen LogP contribution in [0.5, 0.6) is 11.5 Å². The summed E-state index contributed by atoms with van der Waals surface area (Å²) in [6, 6.07) is 13.3. The number of carboxylic acid groups (broad SMARTS) is 1. The van der Waals surface area contributed by atoms with Crippen molar-refractivity contribution in [3.8, 4) is 17.6 Å². The molecule has 2 aromatic carbocycles. The zero-order valence-electron chi connectivity index (χ0n) is 25.9. The van der Waals surface area contributed by atoms with Crippen LogP contribution in [0.25, 0.3) is 0 Å². The van der Waals surface area contributed by atoms with E-state index in [9.17, 15) is 4.79 Å². The fraction of sp³-hybridized carbons (Fsp3) is 0.406. The summed E-state index contributed by atoms with van der Waals surface area (Å²) in [5, 5.41) is 25.7. The number of aliphatic hydroxyl groups is 1. The highest BCUT2D eigenvalue weighted by Gasteiger charge is 2.52. The summed E-state index contributed by atoms with van der Waals surface area (Å²) in [5.74, 6) is -0.535. The van der Waals surface area contributed by atoms with Gasteiger partial charge in [-0.2, -0.15) is 5.26 Å². The molecule has 0 spiro atoms. The predicted molar refractivity (Wildman–Crippen MR) is 168 cm³/mol. The highest BCUT2D eigenvalue weighted by atomic mass is 35.5. The molecule has 10 nitrogen and oxygen atoms in total. The van der Waals surface area contributed by atoms with E-state index in [0.717, 1.165) is 27.7 Å². The number of hydrogen-bond donors (Lipinski definition) is 3. The van der Waals surface area contributed by atoms with Crippen molar-refractivity contribution in [3.63, 3.8) is 0 Å². The molecule has 1 saturated heterocycles. The maximum Gasteiger partial charge on any atom is 0.495 e. The average Bonchev–Trinajstić information content (AvgIpc) is 3.21. The maximum absolute atomic E-state index is 9.77. The lowest BCUT2D eigenvalue weighted by atomic mass is 9.75. The van der Waals surface area contributed by atoms with Gasteiger partial charge < -0.3 is 34.7 Å². The highest BCUT2D eigenvalue weighted by molar-refractivity contribution is 6.62. The van der Waals surface area contributed by atoms with Crippen molar-refractivity contribution in [2.24, 2.45) is 11.7 Å². The van der Waals surface area contributed by atoms with Crippen molar-refractivity contribution < 1.29 is 33.8 Å². The number of pyridine rings is 1. The molecule has 0 amide bonds. The fourth-order valence-corrected chi connectivity index (χ4v) is 4.33. The van der Waals surface area contributed by atoms with E-state index in [1.165, 1.54) is 13.1 Å². The number of carbonyl (C=O) groups is 1. The van der Waals surface area contributed by atoms with Crippen molar-refractivity contribution in [1.82, 2.24) is 4.98 Å². The number of nitrogens with zero attached hydrogens (tertiary/aromatic N) is 2. The van der Waals surface area contributed by atoms with Crippen molar-refractivity contribution in [3.05, 3.63) is 81.6 Å². The van der Waals surface area contributed by atoms with Crippen molar-refractivity contribution in [1.29, 1.82) is 5.26 Å². The third kappa shape index (κ3) is 8.49. The number of aliphatic hydroxyl groups excluding tert-OH is 1. The Morgan fingerprint density at radius 1 is 1.09 bits per heavy atom. The molecule has 1 atom stereocenters. The van der Waals surface area contributed by atoms with Crippen molar-refractivity contribution in [2.75, 3.05) is 6.61 Å². The minimum atomic E-state index is -0.956. The first-order valence-electron chi connectivity index (χ1n) is 14.1. The molecular weight excluding hydrogens is 585 g/mol. The highest BCUT2D eigenvalue weighted by Crippen LogP contribution is 2.37. The lowest BCUT2D eigenvalue weighted by Crippen LogP contribution is -2.41. The first-order valence-corrected chi connectivity index (χ1v) is 14.5. The van der Waals surface area contributed by atoms with Crippen LogP contribution in [-0.4, -0.2) is 46.1 Å². The van der Waals surface area contributed by atoms with Gasteiger partial charge in [0.15, 0.2) is 0 Å². The van der Waals surface area contributed by atoms with Crippen LogP contribution in [-0.2, 0) is 33.9 Å². The molecule has 12 heteroatoms. The molecule has 44 heavy (non-hydrogen) atoms. The van der Waals surface area contributed by atoms with Gasteiger partial charge in [-0.25, -0.2) is 0 Å². The van der Waals surface area contributed by atoms with Gasteiger partial charge in [0.1, 0.15) is 30.8 Å². The van der Waals surface area contributed by atoms with Gasteiger partial charge in [-0.15, -0.1) is 0 Å². The van der Waals surface area contributed by atoms with Crippen molar-refractivity contribution >= 4 is 30.2 Å². The van der Waals surface area contributed by atoms with E-state index >= 15 is 0 Å². The van der Waals surface area contributed by atoms with E-state index in [2.05, 4.69) is 11.1 Å². The van der Waals surface area contributed by atoms with Crippen LogP contribution >= 0.6 is 11.6 Å². The van der Waals surface area contributed by atoms with Gasteiger partial charge in [-0.3, -0.25) is 9.78 Å². The first-order chi connectivity index (χ1) is 20.7. The monoisotopic (exact) mass is 623 g/mol. The van der Waals surface area contributed by atoms with Gasteiger partial charge in [-0.1, -0.05) is 29.8 Å². The summed E-state index contributed by atoms with van der Waals surface area (Å²) >= 11 is 6.52. The molecule has 1 aliphatic rings. The van der Waals surface area contributed by atoms with Crippen LogP contribution in [0.15, 0.2) is 48.8 Å². The first kappa shape index (κ1) is 34.8. The molecule has 4 rings (SSSR count). The average molecular weight is 624 g/mol. The molecule has 234 valence electrons. The SMILES string of the molecule is CC(CO)C(=O)O.Cc1c(COc2cc(OCc3cncc(C#N)c3)c(CN)cc2Cl)cccc1B1OC(C)(C)C(C)(C)O1. The molecule has 1 aromatic heterocycles. The smallest absolute Gasteiger partial charge is 0.488 e. The predicted octanol–water partition coefficient (Wildman–Crippen LogP) is 4.53. The molecule has 4 N–H and O–H groups in total. The zero-order chi connectivity index (χ0) is 32.7. The van der Waals surface area contributed by atoms with Gasteiger partial charge >= 0.3 is 13.1 Å². The summed E-state index contributed by atoms with van der Waals surface area (Å²) in [7, 11) is -0.452. The number of halogens is 1. The second-order valence-electron chi connectivity index (χ2n) is 11.5. The lowest BCUT2D eigenvalue weighted by molar-refractivity contribution is -0.142. The third-order valence-electron chi connectivity index (χ3n) is 7.73. The number of nitriles is 1. The number of ether oxygens (including phenoxy) is 2. The standard InChI is InChI=1S/C28H31BClN3O4.C4H8O3/c1-18-21(7-6-8-23(18)29-36-27(2,3)28(4,5)37-29)17-35-26-11-25(22(13-32)10-24(26)30)34-16-20-9-19(12-31)14-33-15-20;1-3(2-5)4(6)7/h6-11,14-15H,13,16-17,32H2,1-5H3;3,5H,2H2,1H3,(H,6,7). The van der Waals surface area contributed by atoms with Crippen LogP contribution < -0.4 is 20.7 Å². The lowest BCUT2D eigenvalue weighted by Gasteiger charge is -2.32. The third-order valence-corrected chi connectivity index (χ3v) is 8.02. The van der Waals surface area contributed by atoms with E-state index in [1.807, 2.05) is 52.8 Å². The number of aliphatic carboxylic acids is 1. The number of hydrogen-bond acceptors (Lipinski definition) is 9. The molecule has 1 aliphatic heterocycles. The van der Waals surface area contributed by atoms with Gasteiger partial charge in [0.25, 0.3) is 0 Å². The minimum absolute atomic E-state index is 0.228. The van der Waals surface area contributed by atoms with Crippen LogP contribution in [0, 0.1) is 24.2 Å². The Labute approximate surface area is 263 Å². The van der Waals surface area contributed by atoms with E-state index in [-0.39, 0.29) is 19.8 Å². The van der Waals surface area contributed by atoms with Gasteiger partial charge in [-0.05, 0) is 70.3 Å². The Balaban J connectivity index is 0.000000676. The Kier molecular flexibility index (Phi) is 11.8.